The molecule has 1 fully saturated rings. The lowest BCUT2D eigenvalue weighted by Gasteiger charge is -2.15. The summed E-state index contributed by atoms with van der Waals surface area (Å²) in [6.07, 6.45) is 9.44. The van der Waals surface area contributed by atoms with Gasteiger partial charge < -0.3 is 10.4 Å². The van der Waals surface area contributed by atoms with E-state index in [9.17, 15) is 9.59 Å². The van der Waals surface area contributed by atoms with Crippen LogP contribution in [0.3, 0.4) is 0 Å². The van der Waals surface area contributed by atoms with E-state index < -0.39 is 5.97 Å². The maximum atomic E-state index is 12.3. The highest BCUT2D eigenvalue weighted by Gasteiger charge is 2.18. The van der Waals surface area contributed by atoms with Crippen molar-refractivity contribution in [2.75, 3.05) is 0 Å². The van der Waals surface area contributed by atoms with E-state index >= 15 is 0 Å². The van der Waals surface area contributed by atoms with E-state index in [0.717, 1.165) is 18.9 Å². The van der Waals surface area contributed by atoms with Crippen molar-refractivity contribution < 1.29 is 14.7 Å². The Morgan fingerprint density at radius 3 is 2.60 bits per heavy atom. The summed E-state index contributed by atoms with van der Waals surface area (Å²) < 4.78 is 0. The van der Waals surface area contributed by atoms with Gasteiger partial charge in [0.1, 0.15) is 0 Å². The molecule has 0 unspecified atom stereocenters. The number of aliphatic carboxylic acids is 1. The van der Waals surface area contributed by atoms with Gasteiger partial charge in [0, 0.05) is 12.1 Å². The molecule has 1 amide bonds. The Balaban J connectivity index is 2.01. The number of hydrogen-bond donors (Lipinski definition) is 2. The molecule has 2 N–H and O–H groups in total. The van der Waals surface area contributed by atoms with Gasteiger partial charge in [-0.15, -0.1) is 11.3 Å². The molecule has 0 bridgehead atoms. The first-order chi connectivity index (χ1) is 9.66. The molecule has 0 atom stereocenters. The molecule has 0 radical (unpaired) electrons. The second-order valence-electron chi connectivity index (χ2n) is 5.04. The summed E-state index contributed by atoms with van der Waals surface area (Å²) in [4.78, 5) is 23.4. The maximum absolute atomic E-state index is 12.3. The Morgan fingerprint density at radius 2 is 1.95 bits per heavy atom. The number of hydrogen-bond acceptors (Lipinski definition) is 3. The first-order valence-corrected chi connectivity index (χ1v) is 7.84. The summed E-state index contributed by atoms with van der Waals surface area (Å²) >= 11 is 1.35. The van der Waals surface area contributed by atoms with Crippen LogP contribution in [0.4, 0.5) is 0 Å². The van der Waals surface area contributed by atoms with Crippen molar-refractivity contribution in [1.82, 2.24) is 5.32 Å². The molecule has 1 aromatic rings. The molecular weight excluding hydrogens is 274 g/mol. The lowest BCUT2D eigenvalue weighted by Crippen LogP contribution is -2.34. The molecule has 5 heteroatoms. The van der Waals surface area contributed by atoms with Crippen LogP contribution >= 0.6 is 11.3 Å². The Labute approximate surface area is 122 Å². The Hall–Kier alpha value is -1.62. The van der Waals surface area contributed by atoms with E-state index in [2.05, 4.69) is 5.32 Å². The van der Waals surface area contributed by atoms with Crippen LogP contribution in [-0.4, -0.2) is 23.0 Å². The molecule has 0 spiro atoms. The minimum atomic E-state index is -1.01. The minimum absolute atomic E-state index is 0.0862. The van der Waals surface area contributed by atoms with Crippen molar-refractivity contribution in [3.8, 4) is 0 Å². The molecule has 0 saturated heterocycles. The molecule has 108 valence electrons. The maximum Gasteiger partial charge on any atom is 0.328 e. The standard InChI is InChI=1S/C15H19NO3S/c17-13(18)8-7-11-9-10-20-14(11)15(19)16-12-5-3-1-2-4-6-12/h7-10,12H,1-6H2,(H,16,19)(H,17,18). The largest absolute Gasteiger partial charge is 0.478 e. The van der Waals surface area contributed by atoms with Gasteiger partial charge in [-0.3, -0.25) is 4.79 Å². The second-order valence-corrected chi connectivity index (χ2v) is 5.95. The van der Waals surface area contributed by atoms with Crippen molar-refractivity contribution in [2.24, 2.45) is 0 Å². The minimum Gasteiger partial charge on any atom is -0.478 e. The molecule has 1 saturated carbocycles. The average Bonchev–Trinajstić information content (AvgIpc) is 2.74. The zero-order valence-corrected chi connectivity index (χ0v) is 12.1. The van der Waals surface area contributed by atoms with Crippen LogP contribution in [0.15, 0.2) is 17.5 Å². The molecule has 1 aliphatic rings. The summed E-state index contributed by atoms with van der Waals surface area (Å²) in [6.45, 7) is 0. The van der Waals surface area contributed by atoms with Crippen molar-refractivity contribution in [2.45, 2.75) is 44.6 Å². The number of carbonyl (C=O) groups is 2. The fourth-order valence-corrected chi connectivity index (χ4v) is 3.26. The summed E-state index contributed by atoms with van der Waals surface area (Å²) in [5, 5.41) is 13.5. The molecule has 20 heavy (non-hydrogen) atoms. The average molecular weight is 293 g/mol. The summed E-state index contributed by atoms with van der Waals surface area (Å²) in [7, 11) is 0. The van der Waals surface area contributed by atoms with Crippen LogP contribution in [0.25, 0.3) is 6.08 Å². The van der Waals surface area contributed by atoms with Crippen LogP contribution in [0.2, 0.25) is 0 Å². The van der Waals surface area contributed by atoms with E-state index in [1.165, 1.54) is 43.1 Å². The Kier molecular flexibility index (Phi) is 5.35. The van der Waals surface area contributed by atoms with Gasteiger partial charge in [0.15, 0.2) is 0 Å². The lowest BCUT2D eigenvalue weighted by molar-refractivity contribution is -0.131. The normalized spacial score (nSPS) is 17.0. The number of amides is 1. The zero-order chi connectivity index (χ0) is 14.4. The molecule has 4 nitrogen and oxygen atoms in total. The number of carboxylic acid groups (broad SMARTS) is 1. The molecule has 2 rings (SSSR count). The fraction of sp³-hybridized carbons (Fsp3) is 0.467. The van der Waals surface area contributed by atoms with Gasteiger partial charge in [-0.1, -0.05) is 25.7 Å². The van der Waals surface area contributed by atoms with E-state index in [1.807, 2.05) is 5.38 Å². The van der Waals surface area contributed by atoms with Crippen molar-refractivity contribution in [1.29, 1.82) is 0 Å². The number of nitrogens with one attached hydrogen (secondary N) is 1. The van der Waals surface area contributed by atoms with Gasteiger partial charge in [0.05, 0.1) is 4.88 Å². The van der Waals surface area contributed by atoms with Crippen LogP contribution in [0.1, 0.15) is 53.8 Å². The van der Waals surface area contributed by atoms with E-state index in [-0.39, 0.29) is 11.9 Å². The zero-order valence-electron chi connectivity index (χ0n) is 11.3. The van der Waals surface area contributed by atoms with Gasteiger partial charge in [-0.25, -0.2) is 4.79 Å². The molecular formula is C15H19NO3S. The Bertz CT molecular complexity index is 499. The smallest absolute Gasteiger partial charge is 0.328 e. The second kappa shape index (κ2) is 7.24. The molecule has 1 aliphatic carbocycles. The highest BCUT2D eigenvalue weighted by Crippen LogP contribution is 2.21. The summed E-state index contributed by atoms with van der Waals surface area (Å²) in [6, 6.07) is 2.02. The van der Waals surface area contributed by atoms with Gasteiger partial charge in [-0.05, 0) is 35.9 Å². The third-order valence-corrected chi connectivity index (χ3v) is 4.43. The van der Waals surface area contributed by atoms with Gasteiger partial charge in [0.25, 0.3) is 5.91 Å². The van der Waals surface area contributed by atoms with Crippen LogP contribution in [-0.2, 0) is 4.79 Å². The monoisotopic (exact) mass is 293 g/mol. The summed E-state index contributed by atoms with van der Waals surface area (Å²) in [5.41, 5.74) is 0.670. The van der Waals surface area contributed by atoms with Crippen LogP contribution < -0.4 is 5.32 Å². The predicted octanol–water partition coefficient (Wildman–Crippen LogP) is 3.30. The highest BCUT2D eigenvalue weighted by molar-refractivity contribution is 7.12. The molecule has 0 aromatic carbocycles. The van der Waals surface area contributed by atoms with Gasteiger partial charge in [-0.2, -0.15) is 0 Å². The van der Waals surface area contributed by atoms with Crippen molar-refractivity contribution in [3.05, 3.63) is 28.0 Å². The van der Waals surface area contributed by atoms with Crippen molar-refractivity contribution in [3.63, 3.8) is 0 Å². The third-order valence-electron chi connectivity index (χ3n) is 3.50. The third kappa shape index (κ3) is 4.20. The first-order valence-electron chi connectivity index (χ1n) is 6.96. The molecule has 0 aliphatic heterocycles. The lowest BCUT2D eigenvalue weighted by atomic mass is 10.1. The fourth-order valence-electron chi connectivity index (χ4n) is 2.47. The molecule has 1 heterocycles. The number of carbonyl (C=O) groups excluding carboxylic acids is 1. The molecule has 1 aromatic heterocycles. The highest BCUT2D eigenvalue weighted by atomic mass is 32.1. The Morgan fingerprint density at radius 1 is 1.25 bits per heavy atom. The van der Waals surface area contributed by atoms with Gasteiger partial charge in [0.2, 0.25) is 0 Å². The SMILES string of the molecule is O=C(O)C=Cc1ccsc1C(=O)NC1CCCCCC1. The quantitative estimate of drug-likeness (QED) is 0.661. The number of thiophene rings is 1. The number of rotatable bonds is 4. The van der Waals surface area contributed by atoms with Crippen LogP contribution in [0, 0.1) is 0 Å². The van der Waals surface area contributed by atoms with E-state index in [0.29, 0.717) is 10.4 Å². The topological polar surface area (TPSA) is 66.4 Å². The van der Waals surface area contributed by atoms with E-state index in [1.54, 1.807) is 6.07 Å². The number of carboxylic acids is 1. The van der Waals surface area contributed by atoms with Crippen molar-refractivity contribution >= 4 is 29.3 Å². The predicted molar refractivity (Wildman–Crippen MR) is 79.9 cm³/mol. The van der Waals surface area contributed by atoms with Gasteiger partial charge >= 0.3 is 5.97 Å². The van der Waals surface area contributed by atoms with E-state index in [4.69, 9.17) is 5.11 Å². The summed E-state index contributed by atoms with van der Waals surface area (Å²) in [5.74, 6) is -1.09. The first kappa shape index (κ1) is 14.8. The van der Waals surface area contributed by atoms with Crippen LogP contribution in [0.5, 0.6) is 0 Å².